The van der Waals surface area contributed by atoms with Crippen LogP contribution < -0.4 is 10.6 Å². The Balaban J connectivity index is 1.49. The molecule has 0 spiro atoms. The van der Waals surface area contributed by atoms with Crippen molar-refractivity contribution in [3.05, 3.63) is 65.5 Å². The molecule has 2 N–H and O–H groups in total. The van der Waals surface area contributed by atoms with Crippen molar-refractivity contribution in [1.82, 2.24) is 19.7 Å². The fraction of sp³-hybridized carbons (Fsp3) is 0.211. The average Bonchev–Trinajstić information content (AvgIpc) is 3.20. The molecule has 0 amide bonds. The fourth-order valence-electron chi connectivity index (χ4n) is 3.13. The average molecular weight is 368 g/mol. The predicted octanol–water partition coefficient (Wildman–Crippen LogP) is 3.21. The topological polar surface area (TPSA) is 72.9 Å². The number of piperidine rings is 1. The summed E-state index contributed by atoms with van der Waals surface area (Å²) < 4.78 is 28.1. The number of aromatic nitrogens is 4. The number of nitrogens with zero attached hydrogens (tertiary/aromatic N) is 5. The van der Waals surface area contributed by atoms with Crippen molar-refractivity contribution in [2.24, 2.45) is 0 Å². The Kier molecular flexibility index (Phi) is 4.53. The molecule has 0 unspecified atom stereocenters. The van der Waals surface area contributed by atoms with Gasteiger partial charge in [0.25, 0.3) is 0 Å². The molecule has 3 aromatic rings. The predicted molar refractivity (Wildman–Crippen MR) is 99.3 cm³/mol. The monoisotopic (exact) mass is 368 g/mol. The highest BCUT2D eigenvalue weighted by Crippen LogP contribution is 2.25. The number of halogens is 2. The van der Waals surface area contributed by atoms with E-state index in [0.29, 0.717) is 11.4 Å². The molecule has 0 bridgehead atoms. The fourth-order valence-corrected chi connectivity index (χ4v) is 3.13. The summed E-state index contributed by atoms with van der Waals surface area (Å²) in [4.78, 5) is 10.7. The molecule has 4 rings (SSSR count). The van der Waals surface area contributed by atoms with E-state index in [1.165, 1.54) is 11.6 Å². The summed E-state index contributed by atoms with van der Waals surface area (Å²) >= 11 is 0. The van der Waals surface area contributed by atoms with E-state index in [0.717, 1.165) is 37.8 Å². The second-order valence-electron chi connectivity index (χ2n) is 6.36. The first-order valence-electron chi connectivity index (χ1n) is 8.62. The lowest BCUT2D eigenvalue weighted by Crippen LogP contribution is -2.31. The molecule has 8 heteroatoms. The van der Waals surface area contributed by atoms with Crippen LogP contribution in [0.2, 0.25) is 0 Å². The highest BCUT2D eigenvalue weighted by Gasteiger charge is 2.17. The maximum Gasteiger partial charge on any atom is 0.224 e. The van der Waals surface area contributed by atoms with Gasteiger partial charge in [-0.2, -0.15) is 15.1 Å². The summed E-state index contributed by atoms with van der Waals surface area (Å²) in [6.45, 7) is 1.51. The van der Waals surface area contributed by atoms with Gasteiger partial charge in [-0.1, -0.05) is 17.7 Å². The Bertz CT molecular complexity index is 974. The molecule has 0 saturated carbocycles. The Morgan fingerprint density at radius 2 is 1.78 bits per heavy atom. The third-order valence-electron chi connectivity index (χ3n) is 4.50. The van der Waals surface area contributed by atoms with Crippen LogP contribution >= 0.6 is 0 Å². The minimum atomic E-state index is -0.832. The van der Waals surface area contributed by atoms with Crippen LogP contribution in [0.15, 0.2) is 48.3 Å². The van der Waals surface area contributed by atoms with Gasteiger partial charge in [0.1, 0.15) is 5.82 Å². The highest BCUT2D eigenvalue weighted by atomic mass is 19.2. The maximum absolute atomic E-state index is 13.4. The van der Waals surface area contributed by atoms with Crippen LogP contribution in [-0.4, -0.2) is 32.8 Å². The molecule has 1 saturated heterocycles. The first kappa shape index (κ1) is 17.1. The molecule has 3 heterocycles. The zero-order chi connectivity index (χ0) is 18.8. The summed E-state index contributed by atoms with van der Waals surface area (Å²) in [5, 5.41) is 4.17. The first-order chi connectivity index (χ1) is 13.1. The van der Waals surface area contributed by atoms with Gasteiger partial charge < -0.3 is 10.6 Å². The lowest BCUT2D eigenvalue weighted by molar-refractivity contribution is 0.508. The Morgan fingerprint density at radius 3 is 2.48 bits per heavy atom. The van der Waals surface area contributed by atoms with E-state index in [1.54, 1.807) is 23.1 Å². The third kappa shape index (κ3) is 3.79. The molecule has 1 aliphatic rings. The number of benzene rings is 1. The normalized spacial score (nSPS) is 14.4. The van der Waals surface area contributed by atoms with Gasteiger partial charge in [-0.25, -0.2) is 13.5 Å². The smallest absolute Gasteiger partial charge is 0.224 e. The van der Waals surface area contributed by atoms with Crippen molar-refractivity contribution < 1.29 is 8.78 Å². The van der Waals surface area contributed by atoms with Crippen LogP contribution in [0.5, 0.6) is 0 Å². The summed E-state index contributed by atoms with van der Waals surface area (Å²) in [5.41, 5.74) is 7.72. The van der Waals surface area contributed by atoms with E-state index in [-0.39, 0.29) is 5.95 Å². The second-order valence-corrected chi connectivity index (χ2v) is 6.36. The number of anilines is 2. The SMILES string of the molecule is Nc1nc(N2CCC(=Cc3ccc(F)c(F)c3)CC2)cc(-n2cccn2)n1. The second kappa shape index (κ2) is 7.14. The summed E-state index contributed by atoms with van der Waals surface area (Å²) in [5.74, 6) is -0.0997. The van der Waals surface area contributed by atoms with Gasteiger partial charge in [0.2, 0.25) is 5.95 Å². The third-order valence-corrected chi connectivity index (χ3v) is 4.50. The number of rotatable bonds is 3. The molecule has 1 aromatic carbocycles. The van der Waals surface area contributed by atoms with Crippen molar-refractivity contribution in [2.45, 2.75) is 12.8 Å². The molecular formula is C19H18F2N6. The standard InChI is InChI=1S/C19H18F2N6/c20-15-3-2-14(11-16(15)21)10-13-4-8-26(9-5-13)17-12-18(25-19(22)24-17)27-7-1-6-23-27/h1-3,6-7,10-12H,4-5,8-9H2,(H2,22,24,25). The van der Waals surface area contributed by atoms with Gasteiger partial charge in [-0.15, -0.1) is 0 Å². The molecule has 6 nitrogen and oxygen atoms in total. The zero-order valence-corrected chi connectivity index (χ0v) is 14.5. The number of hydrogen-bond acceptors (Lipinski definition) is 5. The van der Waals surface area contributed by atoms with Crippen LogP contribution in [0.4, 0.5) is 20.5 Å². The van der Waals surface area contributed by atoms with Gasteiger partial charge in [0.05, 0.1) is 0 Å². The molecule has 138 valence electrons. The van der Waals surface area contributed by atoms with Gasteiger partial charge in [0, 0.05) is 31.5 Å². The van der Waals surface area contributed by atoms with Crippen LogP contribution in [0.3, 0.4) is 0 Å². The lowest BCUT2D eigenvalue weighted by Gasteiger charge is -2.29. The summed E-state index contributed by atoms with van der Waals surface area (Å²) in [6, 6.07) is 7.62. The van der Waals surface area contributed by atoms with Crippen molar-refractivity contribution >= 4 is 17.8 Å². The lowest BCUT2D eigenvalue weighted by atomic mass is 10.0. The maximum atomic E-state index is 13.4. The zero-order valence-electron chi connectivity index (χ0n) is 14.5. The van der Waals surface area contributed by atoms with E-state index in [4.69, 9.17) is 5.73 Å². The molecule has 1 fully saturated rings. The largest absolute Gasteiger partial charge is 0.368 e. The van der Waals surface area contributed by atoms with Crippen molar-refractivity contribution in [3.8, 4) is 5.82 Å². The number of nitrogen functional groups attached to an aromatic ring is 1. The molecule has 1 aliphatic heterocycles. The first-order valence-corrected chi connectivity index (χ1v) is 8.62. The Morgan fingerprint density at radius 1 is 1.00 bits per heavy atom. The minimum absolute atomic E-state index is 0.195. The van der Waals surface area contributed by atoms with Crippen LogP contribution in [0, 0.1) is 11.6 Å². The molecule has 0 aliphatic carbocycles. The van der Waals surface area contributed by atoms with E-state index in [9.17, 15) is 8.78 Å². The molecule has 0 radical (unpaired) electrons. The van der Waals surface area contributed by atoms with Gasteiger partial charge >= 0.3 is 0 Å². The van der Waals surface area contributed by atoms with E-state index in [2.05, 4.69) is 20.0 Å². The van der Waals surface area contributed by atoms with Crippen LogP contribution in [-0.2, 0) is 0 Å². The van der Waals surface area contributed by atoms with E-state index < -0.39 is 11.6 Å². The summed E-state index contributed by atoms with van der Waals surface area (Å²) in [7, 11) is 0. The van der Waals surface area contributed by atoms with Crippen molar-refractivity contribution in [3.63, 3.8) is 0 Å². The summed E-state index contributed by atoms with van der Waals surface area (Å²) in [6.07, 6.45) is 7.00. The van der Waals surface area contributed by atoms with Gasteiger partial charge in [-0.05, 0) is 36.6 Å². The Labute approximate surface area is 155 Å². The molecule has 27 heavy (non-hydrogen) atoms. The molecule has 0 atom stereocenters. The van der Waals surface area contributed by atoms with Crippen molar-refractivity contribution in [1.29, 1.82) is 0 Å². The van der Waals surface area contributed by atoms with Crippen molar-refractivity contribution in [2.75, 3.05) is 23.7 Å². The van der Waals surface area contributed by atoms with E-state index >= 15 is 0 Å². The quantitative estimate of drug-likeness (QED) is 0.769. The number of hydrogen-bond donors (Lipinski definition) is 1. The Hall–Kier alpha value is -3.29. The van der Waals surface area contributed by atoms with E-state index in [1.807, 2.05) is 18.2 Å². The molecular weight excluding hydrogens is 350 g/mol. The molecule has 2 aromatic heterocycles. The van der Waals surface area contributed by atoms with Crippen LogP contribution in [0.1, 0.15) is 18.4 Å². The number of nitrogens with two attached hydrogens (primary N) is 1. The van der Waals surface area contributed by atoms with Crippen LogP contribution in [0.25, 0.3) is 11.9 Å². The minimum Gasteiger partial charge on any atom is -0.368 e. The van der Waals surface area contributed by atoms with Gasteiger partial charge in [0.15, 0.2) is 17.5 Å². The van der Waals surface area contributed by atoms with Gasteiger partial charge in [-0.3, -0.25) is 0 Å². The highest BCUT2D eigenvalue weighted by molar-refractivity contribution is 5.55.